The lowest BCUT2D eigenvalue weighted by Gasteiger charge is -1.97. The molecular weight excluding hydrogens is 140 g/mol. The number of hydrogen-bond acceptors (Lipinski definition) is 3. The maximum atomic E-state index is 8.13. The summed E-state index contributed by atoms with van der Waals surface area (Å²) < 4.78 is 4.68. The van der Waals surface area contributed by atoms with E-state index in [1.54, 1.807) is 7.11 Å². The minimum Gasteiger partial charge on any atom is -0.385 e. The molecule has 0 aromatic carbocycles. The van der Waals surface area contributed by atoms with Crippen molar-refractivity contribution in [3.8, 4) is 6.07 Å². The summed E-state index contributed by atoms with van der Waals surface area (Å²) in [5.41, 5.74) is 5.22. The summed E-state index contributed by atoms with van der Waals surface area (Å²) in [4.78, 5) is 0. The Morgan fingerprint density at radius 1 is 1.78 bits per heavy atom. The largest absolute Gasteiger partial charge is 0.385 e. The quantitative estimate of drug-likeness (QED) is 0.630. The van der Waals surface area contributed by atoms with Gasteiger partial charge in [0.05, 0.1) is 12.1 Å². The summed E-state index contributed by atoms with van der Waals surface area (Å²) >= 11 is 0. The molecule has 0 aromatic heterocycles. The number of ether oxygens (including phenoxy) is 1. The second-order valence-electron chi connectivity index (χ2n) is 1.52. The van der Waals surface area contributed by atoms with Gasteiger partial charge in [0.25, 0.3) is 0 Å². The van der Waals surface area contributed by atoms with E-state index < -0.39 is 0 Å². The van der Waals surface area contributed by atoms with Crippen LogP contribution in [0.25, 0.3) is 0 Å². The first-order chi connectivity index (χ1) is 3.81. The summed E-state index contributed by atoms with van der Waals surface area (Å²) in [5.74, 6) is 0. The number of hydrogen-bond donors (Lipinski definition) is 1. The first kappa shape index (κ1) is 11.5. The minimum atomic E-state index is -0.366. The van der Waals surface area contributed by atoms with Crippen molar-refractivity contribution in [3.05, 3.63) is 0 Å². The van der Waals surface area contributed by atoms with Crippen LogP contribution in [0.2, 0.25) is 0 Å². The van der Waals surface area contributed by atoms with Gasteiger partial charge in [-0.3, -0.25) is 0 Å². The highest BCUT2D eigenvalue weighted by molar-refractivity contribution is 5.85. The fraction of sp³-hybridized carbons (Fsp3) is 0.800. The Balaban J connectivity index is 0. The van der Waals surface area contributed by atoms with E-state index in [0.717, 1.165) is 0 Å². The predicted molar refractivity (Wildman–Crippen MR) is 37.3 cm³/mol. The molecule has 4 heteroatoms. The van der Waals surface area contributed by atoms with Crippen molar-refractivity contribution >= 4 is 12.4 Å². The second kappa shape index (κ2) is 7.70. The van der Waals surface area contributed by atoms with Crippen LogP contribution in [-0.2, 0) is 4.74 Å². The Labute approximate surface area is 61.2 Å². The van der Waals surface area contributed by atoms with Crippen LogP contribution in [-0.4, -0.2) is 19.8 Å². The molecule has 0 aliphatic heterocycles. The van der Waals surface area contributed by atoms with Gasteiger partial charge < -0.3 is 10.5 Å². The Kier molecular flexibility index (Phi) is 9.83. The molecule has 0 heterocycles. The number of rotatable bonds is 3. The molecule has 0 rings (SSSR count). The van der Waals surface area contributed by atoms with Crippen LogP contribution in [0.5, 0.6) is 0 Å². The van der Waals surface area contributed by atoms with Gasteiger partial charge >= 0.3 is 0 Å². The molecule has 0 spiro atoms. The standard InChI is InChI=1S/C5H10N2O.ClH/c1-8-3-2-5(7)4-6;/h5H,2-3,7H2,1H3;1H. The summed E-state index contributed by atoms with van der Waals surface area (Å²) in [6, 6.07) is 1.53. The number of nitrogens with zero attached hydrogens (tertiary/aromatic N) is 1. The third-order valence-corrected chi connectivity index (χ3v) is 0.799. The first-order valence-electron chi connectivity index (χ1n) is 2.45. The highest BCUT2D eigenvalue weighted by Crippen LogP contribution is 1.83. The molecule has 9 heavy (non-hydrogen) atoms. The molecule has 0 fully saturated rings. The van der Waals surface area contributed by atoms with Gasteiger partial charge in [-0.2, -0.15) is 5.26 Å². The van der Waals surface area contributed by atoms with Crippen molar-refractivity contribution in [1.82, 2.24) is 0 Å². The van der Waals surface area contributed by atoms with Crippen LogP contribution in [0.4, 0.5) is 0 Å². The average Bonchev–Trinajstić information content (AvgIpc) is 1.83. The van der Waals surface area contributed by atoms with Crippen molar-refractivity contribution in [2.45, 2.75) is 12.5 Å². The van der Waals surface area contributed by atoms with Crippen LogP contribution >= 0.6 is 12.4 Å². The van der Waals surface area contributed by atoms with Gasteiger partial charge in [0.1, 0.15) is 0 Å². The van der Waals surface area contributed by atoms with Gasteiger partial charge in [0, 0.05) is 13.7 Å². The van der Waals surface area contributed by atoms with Gasteiger partial charge in [0.2, 0.25) is 0 Å². The summed E-state index contributed by atoms with van der Waals surface area (Å²) in [6.07, 6.45) is 0.618. The molecule has 3 nitrogen and oxygen atoms in total. The lowest BCUT2D eigenvalue weighted by atomic mass is 10.3. The van der Waals surface area contributed by atoms with E-state index in [9.17, 15) is 0 Å². The fourth-order valence-electron chi connectivity index (χ4n) is 0.309. The number of nitriles is 1. The van der Waals surface area contributed by atoms with E-state index in [4.69, 9.17) is 11.0 Å². The molecule has 0 aromatic rings. The zero-order valence-corrected chi connectivity index (χ0v) is 6.15. The van der Waals surface area contributed by atoms with E-state index in [0.29, 0.717) is 13.0 Å². The lowest BCUT2D eigenvalue weighted by molar-refractivity contribution is 0.192. The zero-order valence-electron chi connectivity index (χ0n) is 5.33. The van der Waals surface area contributed by atoms with E-state index in [2.05, 4.69) is 4.74 Å². The minimum absolute atomic E-state index is 0. The molecule has 0 saturated heterocycles. The maximum Gasteiger partial charge on any atom is 0.0950 e. The van der Waals surface area contributed by atoms with Crippen molar-refractivity contribution in [1.29, 1.82) is 5.26 Å². The van der Waals surface area contributed by atoms with E-state index in [1.165, 1.54) is 0 Å². The molecule has 0 amide bonds. The van der Waals surface area contributed by atoms with E-state index >= 15 is 0 Å². The molecular formula is C5H11ClN2O. The van der Waals surface area contributed by atoms with Crippen LogP contribution in [0, 0.1) is 11.3 Å². The first-order valence-corrected chi connectivity index (χ1v) is 2.45. The summed E-state index contributed by atoms with van der Waals surface area (Å²) in [7, 11) is 1.59. The molecule has 0 radical (unpaired) electrons. The van der Waals surface area contributed by atoms with Crippen LogP contribution in [0.3, 0.4) is 0 Å². The molecule has 0 bridgehead atoms. The predicted octanol–water partition coefficient (Wildman–Crippen LogP) is 0.296. The van der Waals surface area contributed by atoms with Crippen LogP contribution in [0.15, 0.2) is 0 Å². The Morgan fingerprint density at radius 2 is 2.33 bits per heavy atom. The second-order valence-corrected chi connectivity index (χ2v) is 1.52. The summed E-state index contributed by atoms with van der Waals surface area (Å²) in [5, 5.41) is 8.13. The van der Waals surface area contributed by atoms with Crippen molar-refractivity contribution in [2.75, 3.05) is 13.7 Å². The maximum absolute atomic E-state index is 8.13. The van der Waals surface area contributed by atoms with Gasteiger partial charge in [-0.15, -0.1) is 12.4 Å². The topological polar surface area (TPSA) is 59.0 Å². The molecule has 54 valence electrons. The van der Waals surface area contributed by atoms with Gasteiger partial charge in [-0.25, -0.2) is 0 Å². The molecule has 0 saturated carbocycles. The molecule has 0 aliphatic rings. The summed E-state index contributed by atoms with van der Waals surface area (Å²) in [6.45, 7) is 0.564. The fourth-order valence-corrected chi connectivity index (χ4v) is 0.309. The third-order valence-electron chi connectivity index (χ3n) is 0.799. The Morgan fingerprint density at radius 3 is 2.67 bits per heavy atom. The van der Waals surface area contributed by atoms with Crippen molar-refractivity contribution in [2.24, 2.45) is 5.73 Å². The Hall–Kier alpha value is -0.300. The number of halogens is 1. The lowest BCUT2D eigenvalue weighted by Crippen LogP contribution is -2.18. The smallest absolute Gasteiger partial charge is 0.0950 e. The van der Waals surface area contributed by atoms with Gasteiger partial charge in [0.15, 0.2) is 0 Å². The van der Waals surface area contributed by atoms with Crippen LogP contribution in [0.1, 0.15) is 6.42 Å². The van der Waals surface area contributed by atoms with E-state index in [1.807, 2.05) is 6.07 Å². The van der Waals surface area contributed by atoms with E-state index in [-0.39, 0.29) is 18.4 Å². The zero-order chi connectivity index (χ0) is 6.41. The third kappa shape index (κ3) is 7.70. The van der Waals surface area contributed by atoms with Crippen molar-refractivity contribution < 1.29 is 4.74 Å². The molecule has 0 aliphatic carbocycles. The van der Waals surface area contributed by atoms with Crippen LogP contribution < -0.4 is 5.73 Å². The highest BCUT2D eigenvalue weighted by atomic mass is 35.5. The average molecular weight is 151 g/mol. The normalized spacial score (nSPS) is 11.2. The number of methoxy groups -OCH3 is 1. The van der Waals surface area contributed by atoms with Crippen molar-refractivity contribution in [3.63, 3.8) is 0 Å². The number of nitrogens with two attached hydrogens (primary N) is 1. The SMILES string of the molecule is COCCC(N)C#N.Cl. The van der Waals surface area contributed by atoms with Gasteiger partial charge in [-0.1, -0.05) is 0 Å². The Bertz CT molecular complexity index is 91.4. The molecule has 1 unspecified atom stereocenters. The molecule has 2 N–H and O–H groups in total. The highest BCUT2D eigenvalue weighted by Gasteiger charge is 1.95. The molecule has 1 atom stereocenters. The van der Waals surface area contributed by atoms with Gasteiger partial charge in [-0.05, 0) is 6.42 Å². The monoisotopic (exact) mass is 150 g/mol.